The summed E-state index contributed by atoms with van der Waals surface area (Å²) in [5.74, 6) is 4.04. The van der Waals surface area contributed by atoms with Gasteiger partial charge in [-0.25, -0.2) is 0 Å². The minimum atomic E-state index is 0. The van der Waals surface area contributed by atoms with E-state index in [0.29, 0.717) is 0 Å². The first-order valence-electron chi connectivity index (χ1n) is 12.8. The molecular weight excluding hydrogens is 350 g/mol. The quantitative estimate of drug-likeness (QED) is 0.418. The maximum absolute atomic E-state index is 3.33. The number of hydrogen-bond acceptors (Lipinski definition) is 1. The van der Waals surface area contributed by atoms with Gasteiger partial charge in [-0.05, 0) is 49.6 Å². The lowest BCUT2D eigenvalue weighted by Crippen LogP contribution is -2.27. The molecule has 1 atom stereocenters. The third kappa shape index (κ3) is 19.7. The van der Waals surface area contributed by atoms with E-state index >= 15 is 0 Å². The van der Waals surface area contributed by atoms with Crippen LogP contribution in [-0.2, 0) is 0 Å². The van der Waals surface area contributed by atoms with Crippen LogP contribution in [0.15, 0.2) is 0 Å². The lowest BCUT2D eigenvalue weighted by molar-refractivity contribution is 0.385. The predicted molar refractivity (Wildman–Crippen MR) is 137 cm³/mol. The van der Waals surface area contributed by atoms with Gasteiger partial charge in [0.25, 0.3) is 0 Å². The monoisotopic (exact) mass is 411 g/mol. The average molecular weight is 412 g/mol. The lowest BCUT2D eigenvalue weighted by Gasteiger charge is -2.17. The van der Waals surface area contributed by atoms with Crippen LogP contribution >= 0.6 is 0 Å². The number of nitrogens with one attached hydrogen (secondary N) is 1. The summed E-state index contributed by atoms with van der Waals surface area (Å²) in [7, 11) is 0. The zero-order valence-electron chi connectivity index (χ0n) is 19.5. The molecule has 1 nitrogen and oxygen atoms in total. The van der Waals surface area contributed by atoms with E-state index in [1.54, 1.807) is 0 Å². The molecular formula is C28H61N. The highest BCUT2D eigenvalue weighted by atomic mass is 14.9. The predicted octanol–water partition coefficient (Wildman–Crippen LogP) is 9.65. The van der Waals surface area contributed by atoms with E-state index in [9.17, 15) is 0 Å². The molecule has 3 aliphatic carbocycles. The zero-order valence-corrected chi connectivity index (χ0v) is 19.5. The molecule has 0 amide bonds. The van der Waals surface area contributed by atoms with E-state index < -0.39 is 0 Å². The molecule has 0 aromatic carbocycles. The summed E-state index contributed by atoms with van der Waals surface area (Å²) in [5, 5.41) is 3.33. The summed E-state index contributed by atoms with van der Waals surface area (Å²) in [6, 6.07) is 0. The first-order chi connectivity index (χ1) is 13.1. The van der Waals surface area contributed by atoms with Crippen molar-refractivity contribution in [1.29, 1.82) is 0 Å². The minimum Gasteiger partial charge on any atom is -0.316 e. The Bertz CT molecular complexity index is 251. The van der Waals surface area contributed by atoms with Crippen molar-refractivity contribution in [2.24, 2.45) is 23.7 Å². The minimum absolute atomic E-state index is 0. The van der Waals surface area contributed by atoms with Gasteiger partial charge < -0.3 is 5.32 Å². The SMILES string of the molecule is C.C.CC1CCCC1.CC1CCCCC1.CC1CCCCC1.C[C@@H]1CCCNC1. The van der Waals surface area contributed by atoms with Crippen LogP contribution in [0.3, 0.4) is 0 Å². The Hall–Kier alpha value is -0.0400. The fraction of sp³-hybridized carbons (Fsp3) is 1.00. The summed E-state index contributed by atoms with van der Waals surface area (Å²) in [6.45, 7) is 11.8. The summed E-state index contributed by atoms with van der Waals surface area (Å²) < 4.78 is 0. The normalized spacial score (nSPS) is 25.4. The highest BCUT2D eigenvalue weighted by Gasteiger charge is 2.08. The maximum Gasteiger partial charge on any atom is -0.00231 e. The molecule has 3 saturated carbocycles. The zero-order chi connectivity index (χ0) is 19.7. The van der Waals surface area contributed by atoms with Crippen molar-refractivity contribution in [3.8, 4) is 0 Å². The van der Waals surface area contributed by atoms with Gasteiger partial charge in [0.15, 0.2) is 0 Å². The van der Waals surface area contributed by atoms with Crippen LogP contribution in [0, 0.1) is 23.7 Å². The molecule has 29 heavy (non-hydrogen) atoms. The number of hydrogen-bond donors (Lipinski definition) is 1. The third-order valence-corrected chi connectivity index (χ3v) is 6.97. The Morgan fingerprint density at radius 2 is 0.724 bits per heavy atom. The van der Waals surface area contributed by atoms with E-state index in [1.807, 2.05) is 0 Å². The summed E-state index contributed by atoms with van der Waals surface area (Å²) >= 11 is 0. The molecule has 0 radical (unpaired) electrons. The van der Waals surface area contributed by atoms with Crippen LogP contribution < -0.4 is 5.32 Å². The first kappa shape index (κ1) is 31.1. The Kier molecular flexibility index (Phi) is 22.8. The van der Waals surface area contributed by atoms with Gasteiger partial charge in [0.2, 0.25) is 0 Å². The standard InChI is InChI=1S/2C7H14.C6H13N.C6H12.2CH4/c2*1-7-5-3-2-4-6-7;1-6-3-2-4-7-5-6;1-6-4-2-3-5-6;;/h2*7H,2-6H2,1H3;6-7H,2-5H2,1H3;6H,2-5H2,1H3;2*1H4/t;;6-;;;/m..1.../s1. The molecule has 4 aliphatic rings. The van der Waals surface area contributed by atoms with Gasteiger partial charge in [-0.3, -0.25) is 0 Å². The second-order valence-corrected chi connectivity index (χ2v) is 10.3. The van der Waals surface area contributed by atoms with Gasteiger partial charge in [0.05, 0.1) is 0 Å². The molecule has 4 fully saturated rings. The van der Waals surface area contributed by atoms with E-state index in [-0.39, 0.29) is 14.9 Å². The van der Waals surface area contributed by atoms with Crippen molar-refractivity contribution in [3.05, 3.63) is 0 Å². The Morgan fingerprint density at radius 3 is 0.862 bits per heavy atom. The van der Waals surface area contributed by atoms with Gasteiger partial charge in [-0.15, -0.1) is 0 Å². The molecule has 4 rings (SSSR count). The van der Waals surface area contributed by atoms with Crippen LogP contribution in [0.2, 0.25) is 0 Å². The molecule has 0 bridgehead atoms. The van der Waals surface area contributed by atoms with Crippen molar-refractivity contribution in [1.82, 2.24) is 5.32 Å². The molecule has 1 aliphatic heterocycles. The highest BCUT2D eigenvalue weighted by molar-refractivity contribution is 4.63. The molecule has 0 aromatic heterocycles. The molecule has 0 spiro atoms. The highest BCUT2D eigenvalue weighted by Crippen LogP contribution is 2.23. The lowest BCUT2D eigenvalue weighted by atomic mass is 9.91. The molecule has 0 aromatic rings. The van der Waals surface area contributed by atoms with Crippen LogP contribution in [0.25, 0.3) is 0 Å². The summed E-state index contributed by atoms with van der Waals surface area (Å²) in [5.41, 5.74) is 0. The van der Waals surface area contributed by atoms with Gasteiger partial charge in [0.1, 0.15) is 0 Å². The Morgan fingerprint density at radius 1 is 0.414 bits per heavy atom. The summed E-state index contributed by atoms with van der Waals surface area (Å²) in [4.78, 5) is 0. The third-order valence-electron chi connectivity index (χ3n) is 6.97. The van der Waals surface area contributed by atoms with Gasteiger partial charge in [-0.2, -0.15) is 0 Å². The van der Waals surface area contributed by atoms with Gasteiger partial charge in [0, 0.05) is 0 Å². The molecule has 1 N–H and O–H groups in total. The number of piperidine rings is 1. The topological polar surface area (TPSA) is 12.0 Å². The van der Waals surface area contributed by atoms with Crippen LogP contribution in [0.5, 0.6) is 0 Å². The van der Waals surface area contributed by atoms with Crippen molar-refractivity contribution < 1.29 is 0 Å². The molecule has 1 heterocycles. The molecule has 0 unspecified atom stereocenters. The van der Waals surface area contributed by atoms with Crippen molar-refractivity contribution in [2.75, 3.05) is 13.1 Å². The van der Waals surface area contributed by atoms with Crippen molar-refractivity contribution >= 4 is 0 Å². The number of rotatable bonds is 0. The van der Waals surface area contributed by atoms with E-state index in [2.05, 4.69) is 33.0 Å². The van der Waals surface area contributed by atoms with E-state index in [0.717, 1.165) is 23.7 Å². The molecule has 1 saturated heterocycles. The van der Waals surface area contributed by atoms with E-state index in [4.69, 9.17) is 0 Å². The average Bonchev–Trinajstić information content (AvgIpc) is 3.16. The van der Waals surface area contributed by atoms with Crippen LogP contribution in [0.1, 0.15) is 145 Å². The molecule has 178 valence electrons. The smallest absolute Gasteiger partial charge is 0.00231 e. The first-order valence-corrected chi connectivity index (χ1v) is 12.8. The fourth-order valence-corrected chi connectivity index (χ4v) is 4.77. The van der Waals surface area contributed by atoms with Gasteiger partial charge >= 0.3 is 0 Å². The van der Waals surface area contributed by atoms with E-state index in [1.165, 1.54) is 116 Å². The van der Waals surface area contributed by atoms with Crippen molar-refractivity contribution in [3.63, 3.8) is 0 Å². The second kappa shape index (κ2) is 21.2. The van der Waals surface area contributed by atoms with Crippen LogP contribution in [-0.4, -0.2) is 13.1 Å². The Balaban J connectivity index is 0. The second-order valence-electron chi connectivity index (χ2n) is 10.3. The summed E-state index contributed by atoms with van der Waals surface area (Å²) in [6.07, 6.45) is 23.6. The fourth-order valence-electron chi connectivity index (χ4n) is 4.77. The van der Waals surface area contributed by atoms with Crippen LogP contribution in [0.4, 0.5) is 0 Å². The van der Waals surface area contributed by atoms with Gasteiger partial charge in [-0.1, -0.05) is 132 Å². The molecule has 1 heteroatoms. The van der Waals surface area contributed by atoms with Crippen molar-refractivity contribution in [2.45, 2.75) is 145 Å². The largest absolute Gasteiger partial charge is 0.316 e. The Labute approximate surface area is 187 Å². The maximum atomic E-state index is 3.33.